The molecule has 130 valence electrons. The smallest absolute Gasteiger partial charge is 0.337 e. The molecule has 1 N–H and O–H groups in total. The molecule has 0 unspecified atom stereocenters. The zero-order valence-corrected chi connectivity index (χ0v) is 13.7. The average molecular weight is 334 g/mol. The minimum absolute atomic E-state index is 0.0416. The number of carbonyl (C=O) groups is 2. The number of anilines is 1. The van der Waals surface area contributed by atoms with Crippen LogP contribution >= 0.6 is 0 Å². The number of nitrogens with one attached hydrogen (secondary N) is 1. The Morgan fingerprint density at radius 3 is 2.38 bits per heavy atom. The average Bonchev–Trinajstić information content (AvgIpc) is 3.08. The summed E-state index contributed by atoms with van der Waals surface area (Å²) in [5.41, 5.74) is 1.26. The first-order chi connectivity index (χ1) is 11.6. The van der Waals surface area contributed by atoms with Crippen LogP contribution in [0.15, 0.2) is 24.3 Å². The number of hydrogen-bond acceptors (Lipinski definition) is 6. The van der Waals surface area contributed by atoms with Crippen LogP contribution in [0.25, 0.3) is 0 Å². The predicted octanol–water partition coefficient (Wildman–Crippen LogP) is 1.25. The van der Waals surface area contributed by atoms with E-state index in [1.54, 1.807) is 24.3 Å². The summed E-state index contributed by atoms with van der Waals surface area (Å²) in [7, 11) is 1.34. The van der Waals surface area contributed by atoms with Crippen LogP contribution in [0.3, 0.4) is 0 Å². The fraction of sp³-hybridized carbons (Fsp3) is 0.529. The maximum absolute atomic E-state index is 12.3. The largest absolute Gasteiger partial charge is 0.465 e. The zero-order valence-electron chi connectivity index (χ0n) is 13.7. The van der Waals surface area contributed by atoms with Gasteiger partial charge in [0.25, 0.3) is 0 Å². The van der Waals surface area contributed by atoms with E-state index in [1.165, 1.54) is 7.11 Å². The molecule has 0 saturated carbocycles. The van der Waals surface area contributed by atoms with Crippen molar-refractivity contribution in [2.75, 3.05) is 45.3 Å². The highest BCUT2D eigenvalue weighted by Crippen LogP contribution is 2.31. The molecule has 0 aliphatic carbocycles. The Morgan fingerprint density at radius 1 is 1.17 bits per heavy atom. The summed E-state index contributed by atoms with van der Waals surface area (Å²) < 4.78 is 16.0. The molecule has 1 amide bonds. The van der Waals surface area contributed by atoms with Crippen molar-refractivity contribution in [3.63, 3.8) is 0 Å². The van der Waals surface area contributed by atoms with Gasteiger partial charge in [0.05, 0.1) is 32.4 Å². The molecule has 0 aromatic heterocycles. The van der Waals surface area contributed by atoms with Crippen molar-refractivity contribution in [3.8, 4) is 0 Å². The first-order valence-electron chi connectivity index (χ1n) is 8.10. The number of ether oxygens (including phenoxy) is 3. The molecule has 2 fully saturated rings. The van der Waals surface area contributed by atoms with Gasteiger partial charge in [-0.25, -0.2) is 4.79 Å². The fourth-order valence-corrected chi connectivity index (χ4v) is 3.01. The fourth-order valence-electron chi connectivity index (χ4n) is 3.01. The highest BCUT2D eigenvalue weighted by molar-refractivity contribution is 5.89. The molecule has 7 heteroatoms. The zero-order chi connectivity index (χ0) is 17.0. The van der Waals surface area contributed by atoms with Crippen molar-refractivity contribution in [1.82, 2.24) is 4.90 Å². The lowest BCUT2D eigenvalue weighted by Gasteiger charge is -2.37. The second-order valence-electron chi connectivity index (χ2n) is 5.91. The summed E-state index contributed by atoms with van der Waals surface area (Å²) in [5.74, 6) is -0.801. The third-order valence-electron chi connectivity index (χ3n) is 4.44. The van der Waals surface area contributed by atoms with Gasteiger partial charge in [-0.15, -0.1) is 0 Å². The van der Waals surface area contributed by atoms with Crippen molar-refractivity contribution >= 4 is 17.6 Å². The van der Waals surface area contributed by atoms with Crippen LogP contribution in [0.1, 0.15) is 23.2 Å². The summed E-state index contributed by atoms with van der Waals surface area (Å²) in [5, 5.41) is 3.08. The lowest BCUT2D eigenvalue weighted by Crippen LogP contribution is -2.48. The highest BCUT2D eigenvalue weighted by Gasteiger charge is 2.40. The summed E-state index contributed by atoms with van der Waals surface area (Å²) in [6, 6.07) is 6.84. The first-order valence-corrected chi connectivity index (χ1v) is 8.10. The molecule has 1 aromatic carbocycles. The minimum atomic E-state index is -0.464. The van der Waals surface area contributed by atoms with Gasteiger partial charge in [-0.2, -0.15) is 0 Å². The molecule has 2 heterocycles. The van der Waals surface area contributed by atoms with Gasteiger partial charge in [0, 0.05) is 31.6 Å². The van der Waals surface area contributed by atoms with Crippen LogP contribution < -0.4 is 5.32 Å². The number of rotatable bonds is 4. The molecule has 0 radical (unpaired) electrons. The number of carbonyl (C=O) groups excluding carboxylic acids is 2. The molecular weight excluding hydrogens is 312 g/mol. The van der Waals surface area contributed by atoms with Gasteiger partial charge in [0.1, 0.15) is 0 Å². The van der Waals surface area contributed by atoms with E-state index < -0.39 is 5.79 Å². The SMILES string of the molecule is COC(=O)c1ccc(NCC(=O)N2CCC3(CC2)OCCO3)cc1. The molecular formula is C17H22N2O5. The maximum Gasteiger partial charge on any atom is 0.337 e. The second-order valence-corrected chi connectivity index (χ2v) is 5.91. The quantitative estimate of drug-likeness (QED) is 0.835. The Kier molecular flexibility index (Phi) is 5.01. The second kappa shape index (κ2) is 7.19. The van der Waals surface area contributed by atoms with E-state index in [0.717, 1.165) is 5.69 Å². The van der Waals surface area contributed by atoms with Crippen LogP contribution in [0.2, 0.25) is 0 Å². The molecule has 7 nitrogen and oxygen atoms in total. The minimum Gasteiger partial charge on any atom is -0.465 e. The Hall–Kier alpha value is -2.12. The van der Waals surface area contributed by atoms with Crippen molar-refractivity contribution in [2.24, 2.45) is 0 Å². The van der Waals surface area contributed by atoms with E-state index in [-0.39, 0.29) is 18.4 Å². The molecule has 1 aromatic rings. The van der Waals surface area contributed by atoms with Gasteiger partial charge in [-0.1, -0.05) is 0 Å². The monoisotopic (exact) mass is 334 g/mol. The van der Waals surface area contributed by atoms with Crippen LogP contribution in [0.5, 0.6) is 0 Å². The number of amides is 1. The lowest BCUT2D eigenvalue weighted by molar-refractivity contribution is -0.187. The third-order valence-corrected chi connectivity index (χ3v) is 4.44. The number of methoxy groups -OCH3 is 1. The van der Waals surface area contributed by atoms with E-state index in [2.05, 4.69) is 10.1 Å². The number of benzene rings is 1. The van der Waals surface area contributed by atoms with Gasteiger partial charge in [0.15, 0.2) is 5.79 Å². The normalized spacial score (nSPS) is 19.3. The predicted molar refractivity (Wildman–Crippen MR) is 86.7 cm³/mol. The molecule has 2 aliphatic rings. The van der Waals surface area contributed by atoms with Gasteiger partial charge in [0.2, 0.25) is 5.91 Å². The van der Waals surface area contributed by atoms with Crippen molar-refractivity contribution < 1.29 is 23.8 Å². The van der Waals surface area contributed by atoms with E-state index in [1.807, 2.05) is 4.90 Å². The summed E-state index contributed by atoms with van der Waals surface area (Å²) >= 11 is 0. The van der Waals surface area contributed by atoms with Crippen LogP contribution in [-0.2, 0) is 19.0 Å². The first kappa shape index (κ1) is 16.7. The number of likely N-dealkylation sites (tertiary alicyclic amines) is 1. The molecule has 0 atom stereocenters. The van der Waals surface area contributed by atoms with E-state index in [0.29, 0.717) is 44.7 Å². The van der Waals surface area contributed by atoms with Gasteiger partial charge in [-0.3, -0.25) is 4.79 Å². The van der Waals surface area contributed by atoms with E-state index in [9.17, 15) is 9.59 Å². The number of hydrogen-bond donors (Lipinski definition) is 1. The van der Waals surface area contributed by atoms with E-state index >= 15 is 0 Å². The Bertz CT molecular complexity index is 586. The summed E-state index contributed by atoms with van der Waals surface area (Å²) in [4.78, 5) is 25.5. The Labute approximate surface area is 140 Å². The molecule has 3 rings (SSSR count). The Balaban J connectivity index is 1.46. The van der Waals surface area contributed by atoms with Crippen LogP contribution in [0.4, 0.5) is 5.69 Å². The van der Waals surface area contributed by atoms with Crippen LogP contribution in [0, 0.1) is 0 Å². The highest BCUT2D eigenvalue weighted by atomic mass is 16.7. The summed E-state index contributed by atoms with van der Waals surface area (Å²) in [6.07, 6.45) is 1.43. The standard InChI is InChI=1S/C17H22N2O5/c1-22-16(21)13-2-4-14(5-3-13)18-12-15(20)19-8-6-17(7-9-19)23-10-11-24-17/h2-5,18H,6-12H2,1H3. The third kappa shape index (κ3) is 3.68. The number of piperidine rings is 1. The topological polar surface area (TPSA) is 77.1 Å². The molecule has 0 bridgehead atoms. The molecule has 24 heavy (non-hydrogen) atoms. The number of esters is 1. The Morgan fingerprint density at radius 2 is 1.79 bits per heavy atom. The van der Waals surface area contributed by atoms with Gasteiger partial charge >= 0.3 is 5.97 Å². The van der Waals surface area contributed by atoms with Crippen molar-refractivity contribution in [3.05, 3.63) is 29.8 Å². The summed E-state index contributed by atoms with van der Waals surface area (Å²) in [6.45, 7) is 2.77. The lowest BCUT2D eigenvalue weighted by atomic mass is 10.0. The number of nitrogens with zero attached hydrogens (tertiary/aromatic N) is 1. The van der Waals surface area contributed by atoms with Crippen LogP contribution in [-0.4, -0.2) is 62.5 Å². The van der Waals surface area contributed by atoms with Crippen molar-refractivity contribution in [1.29, 1.82) is 0 Å². The van der Waals surface area contributed by atoms with Crippen molar-refractivity contribution in [2.45, 2.75) is 18.6 Å². The molecule has 1 spiro atoms. The molecule has 2 saturated heterocycles. The maximum atomic E-state index is 12.3. The van der Waals surface area contributed by atoms with E-state index in [4.69, 9.17) is 9.47 Å². The van der Waals surface area contributed by atoms with Gasteiger partial charge in [-0.05, 0) is 24.3 Å². The van der Waals surface area contributed by atoms with Gasteiger partial charge < -0.3 is 24.4 Å². The molecule has 2 aliphatic heterocycles.